The van der Waals surface area contributed by atoms with Crippen LogP contribution in [0.2, 0.25) is 0 Å². The Morgan fingerprint density at radius 3 is 2.05 bits per heavy atom. The molecule has 0 aromatic carbocycles. The van der Waals surface area contributed by atoms with Gasteiger partial charge in [0.15, 0.2) is 0 Å². The summed E-state index contributed by atoms with van der Waals surface area (Å²) in [5, 5.41) is 0. The Morgan fingerprint density at radius 2 is 1.74 bits per heavy atom. The molecule has 5 atom stereocenters. The lowest BCUT2D eigenvalue weighted by atomic mass is 9.63. The molecular formula is C14H18N2O3. The lowest BCUT2D eigenvalue weighted by Crippen LogP contribution is -2.48. The molecule has 102 valence electrons. The topological polar surface area (TPSA) is 80.5 Å². The average molecular weight is 262 g/mol. The van der Waals surface area contributed by atoms with E-state index in [4.69, 9.17) is 5.73 Å². The number of primary amides is 1. The molecule has 5 heteroatoms. The summed E-state index contributed by atoms with van der Waals surface area (Å²) in [6, 6.07) is -0.787. The van der Waals surface area contributed by atoms with E-state index < -0.39 is 11.9 Å². The van der Waals surface area contributed by atoms with Gasteiger partial charge >= 0.3 is 0 Å². The molecule has 5 nitrogen and oxygen atoms in total. The number of allylic oxidation sites excluding steroid dienone is 2. The van der Waals surface area contributed by atoms with E-state index in [-0.39, 0.29) is 35.5 Å². The van der Waals surface area contributed by atoms with Crippen LogP contribution >= 0.6 is 0 Å². The Morgan fingerprint density at radius 1 is 1.26 bits per heavy atom. The molecule has 1 aliphatic heterocycles. The number of fused-ring (bicyclic) bond motifs is 1. The highest BCUT2D eigenvalue weighted by molar-refractivity contribution is 6.08. The maximum Gasteiger partial charge on any atom is 0.240 e. The summed E-state index contributed by atoms with van der Waals surface area (Å²) in [6.07, 6.45) is 6.44. The molecule has 0 spiro atoms. The molecule has 4 rings (SSSR count). The number of nitrogens with two attached hydrogens (primary N) is 1. The number of imide groups is 1. The monoisotopic (exact) mass is 262 g/mol. The Bertz CT molecular complexity index is 453. The molecule has 0 unspecified atom stereocenters. The molecule has 3 amide bonds. The first-order valence-corrected chi connectivity index (χ1v) is 6.90. The van der Waals surface area contributed by atoms with Crippen molar-refractivity contribution in [3.8, 4) is 0 Å². The molecule has 0 aromatic rings. The zero-order chi connectivity index (χ0) is 13.7. The van der Waals surface area contributed by atoms with Gasteiger partial charge in [-0.1, -0.05) is 19.1 Å². The van der Waals surface area contributed by atoms with Crippen molar-refractivity contribution >= 4 is 17.7 Å². The van der Waals surface area contributed by atoms with Crippen LogP contribution in [0.3, 0.4) is 0 Å². The summed E-state index contributed by atoms with van der Waals surface area (Å²) in [4.78, 5) is 37.6. The summed E-state index contributed by atoms with van der Waals surface area (Å²) < 4.78 is 0. The predicted molar refractivity (Wildman–Crippen MR) is 67.5 cm³/mol. The predicted octanol–water partition coefficient (Wildman–Crippen LogP) is 0.447. The van der Waals surface area contributed by atoms with Gasteiger partial charge in [-0.05, 0) is 31.1 Å². The molecule has 4 aliphatic rings. The van der Waals surface area contributed by atoms with E-state index in [0.717, 1.165) is 17.7 Å². The molecule has 2 bridgehead atoms. The summed E-state index contributed by atoms with van der Waals surface area (Å²) in [5.74, 6) is -1.19. The van der Waals surface area contributed by atoms with Crippen LogP contribution in [0.25, 0.3) is 0 Å². The van der Waals surface area contributed by atoms with E-state index >= 15 is 0 Å². The SMILES string of the molecule is CC[C@H](C(N)=O)N1C(=O)[C@@H]2[C@@H](C1=O)[C@H]1C=C[C@H]2CC1. The van der Waals surface area contributed by atoms with Crippen LogP contribution in [0.5, 0.6) is 0 Å². The summed E-state index contributed by atoms with van der Waals surface area (Å²) in [5.41, 5.74) is 5.33. The zero-order valence-corrected chi connectivity index (χ0v) is 10.9. The van der Waals surface area contributed by atoms with Gasteiger partial charge in [0.2, 0.25) is 17.7 Å². The Hall–Kier alpha value is -1.65. The third kappa shape index (κ3) is 1.57. The van der Waals surface area contributed by atoms with Crippen molar-refractivity contribution in [3.05, 3.63) is 12.2 Å². The highest BCUT2D eigenvalue weighted by Gasteiger charge is 2.58. The van der Waals surface area contributed by atoms with Crippen LogP contribution in [0.1, 0.15) is 26.2 Å². The second kappa shape index (κ2) is 4.18. The number of nitrogens with zero attached hydrogens (tertiary/aromatic N) is 1. The molecule has 2 N–H and O–H groups in total. The van der Waals surface area contributed by atoms with E-state index in [1.807, 2.05) is 0 Å². The Labute approximate surface area is 111 Å². The summed E-state index contributed by atoms with van der Waals surface area (Å²) in [7, 11) is 0. The number of hydrogen-bond acceptors (Lipinski definition) is 3. The highest BCUT2D eigenvalue weighted by atomic mass is 16.2. The maximum absolute atomic E-state index is 12.5. The second-order valence-electron chi connectivity index (χ2n) is 5.71. The van der Waals surface area contributed by atoms with Crippen LogP contribution in [0.4, 0.5) is 0 Å². The maximum atomic E-state index is 12.5. The van der Waals surface area contributed by atoms with Crippen LogP contribution in [-0.2, 0) is 14.4 Å². The van der Waals surface area contributed by atoms with Crippen molar-refractivity contribution < 1.29 is 14.4 Å². The van der Waals surface area contributed by atoms with Gasteiger partial charge in [0.25, 0.3) is 0 Å². The first kappa shape index (κ1) is 12.4. The molecule has 2 fully saturated rings. The lowest BCUT2D eigenvalue weighted by molar-refractivity contribution is -0.147. The minimum atomic E-state index is -0.787. The first-order valence-electron chi connectivity index (χ1n) is 6.90. The van der Waals surface area contributed by atoms with Crippen molar-refractivity contribution in [1.29, 1.82) is 0 Å². The molecule has 19 heavy (non-hydrogen) atoms. The van der Waals surface area contributed by atoms with Crippen molar-refractivity contribution in [2.24, 2.45) is 29.4 Å². The number of amides is 3. The third-order valence-electron chi connectivity index (χ3n) is 4.82. The van der Waals surface area contributed by atoms with Gasteiger partial charge in [0.05, 0.1) is 11.8 Å². The summed E-state index contributed by atoms with van der Waals surface area (Å²) in [6.45, 7) is 1.77. The van der Waals surface area contributed by atoms with E-state index in [0.29, 0.717) is 6.42 Å². The molecule has 0 aromatic heterocycles. The zero-order valence-electron chi connectivity index (χ0n) is 10.9. The number of likely N-dealkylation sites (tertiary alicyclic amines) is 1. The van der Waals surface area contributed by atoms with Crippen LogP contribution in [-0.4, -0.2) is 28.7 Å². The summed E-state index contributed by atoms with van der Waals surface area (Å²) >= 11 is 0. The van der Waals surface area contributed by atoms with Gasteiger partial charge in [0, 0.05) is 0 Å². The van der Waals surface area contributed by atoms with E-state index in [1.54, 1.807) is 6.92 Å². The van der Waals surface area contributed by atoms with Gasteiger partial charge in [-0.25, -0.2) is 0 Å². The van der Waals surface area contributed by atoms with Gasteiger partial charge in [-0.3, -0.25) is 19.3 Å². The minimum Gasteiger partial charge on any atom is -0.368 e. The van der Waals surface area contributed by atoms with Crippen molar-refractivity contribution in [2.45, 2.75) is 32.2 Å². The van der Waals surface area contributed by atoms with E-state index in [1.165, 1.54) is 0 Å². The Balaban J connectivity index is 1.97. The third-order valence-corrected chi connectivity index (χ3v) is 4.82. The van der Waals surface area contributed by atoms with Crippen LogP contribution in [0.15, 0.2) is 12.2 Å². The van der Waals surface area contributed by atoms with Gasteiger partial charge in [-0.2, -0.15) is 0 Å². The fourth-order valence-electron chi connectivity index (χ4n) is 3.92. The van der Waals surface area contributed by atoms with Crippen LogP contribution < -0.4 is 5.73 Å². The second-order valence-corrected chi connectivity index (χ2v) is 5.71. The normalized spacial score (nSPS) is 37.6. The molecule has 1 heterocycles. The number of carbonyl (C=O) groups is 3. The van der Waals surface area contributed by atoms with E-state index in [2.05, 4.69) is 12.2 Å². The molecular weight excluding hydrogens is 244 g/mol. The molecule has 0 radical (unpaired) electrons. The quantitative estimate of drug-likeness (QED) is 0.592. The number of hydrogen-bond donors (Lipinski definition) is 1. The first-order chi connectivity index (χ1) is 9.06. The standard InChI is InChI=1S/C14H18N2O3/c1-2-9(12(15)17)16-13(18)10-7-3-4-8(6-5-7)11(10)14(16)19/h3-4,7-11H,2,5-6H2,1H3,(H2,15,17)/t7-,8-,9+,10-,11-/m0/s1. The molecule has 3 aliphatic carbocycles. The Kier molecular flexibility index (Phi) is 2.73. The van der Waals surface area contributed by atoms with E-state index in [9.17, 15) is 14.4 Å². The number of carbonyl (C=O) groups excluding carboxylic acids is 3. The fourth-order valence-corrected chi connectivity index (χ4v) is 3.92. The smallest absolute Gasteiger partial charge is 0.240 e. The van der Waals surface area contributed by atoms with Gasteiger partial charge in [-0.15, -0.1) is 0 Å². The minimum absolute atomic E-state index is 0.154. The molecule has 1 saturated heterocycles. The van der Waals surface area contributed by atoms with Crippen molar-refractivity contribution in [1.82, 2.24) is 4.90 Å². The lowest BCUT2D eigenvalue weighted by Gasteiger charge is -2.38. The molecule has 1 saturated carbocycles. The van der Waals surface area contributed by atoms with Crippen molar-refractivity contribution in [3.63, 3.8) is 0 Å². The van der Waals surface area contributed by atoms with Gasteiger partial charge in [0.1, 0.15) is 6.04 Å². The number of rotatable bonds is 3. The highest BCUT2D eigenvalue weighted by Crippen LogP contribution is 2.50. The average Bonchev–Trinajstić information content (AvgIpc) is 2.68. The van der Waals surface area contributed by atoms with Gasteiger partial charge < -0.3 is 5.73 Å². The van der Waals surface area contributed by atoms with Crippen molar-refractivity contribution in [2.75, 3.05) is 0 Å². The van der Waals surface area contributed by atoms with Crippen LogP contribution in [0, 0.1) is 23.7 Å². The fraction of sp³-hybridized carbons (Fsp3) is 0.643. The largest absolute Gasteiger partial charge is 0.368 e.